The van der Waals surface area contributed by atoms with Crippen molar-refractivity contribution in [3.05, 3.63) is 47.8 Å². The Morgan fingerprint density at radius 1 is 1.20 bits per heavy atom. The third-order valence-corrected chi connectivity index (χ3v) is 3.75. The van der Waals surface area contributed by atoms with Crippen LogP contribution in [0, 0.1) is 0 Å². The third-order valence-electron chi connectivity index (χ3n) is 3.75. The van der Waals surface area contributed by atoms with E-state index < -0.39 is 0 Å². The standard InChI is InChI=1S/C17H21N3/c1-12(2)19-15-9-6-10-16-14(15)11-18-17(20-16)13-7-4-3-5-8-13/h3-5,7-8,11-12,15,19H,6,9-10H2,1-2H3/t15-/m1/s1. The highest BCUT2D eigenvalue weighted by Gasteiger charge is 2.22. The molecule has 2 aromatic rings. The number of benzene rings is 1. The monoisotopic (exact) mass is 267 g/mol. The number of aromatic nitrogens is 2. The molecule has 3 nitrogen and oxygen atoms in total. The summed E-state index contributed by atoms with van der Waals surface area (Å²) in [6, 6.07) is 11.1. The topological polar surface area (TPSA) is 37.8 Å². The molecule has 104 valence electrons. The van der Waals surface area contributed by atoms with Crippen LogP contribution >= 0.6 is 0 Å². The predicted octanol–water partition coefficient (Wildman–Crippen LogP) is 3.52. The molecule has 0 bridgehead atoms. The quantitative estimate of drug-likeness (QED) is 0.924. The van der Waals surface area contributed by atoms with E-state index in [1.165, 1.54) is 24.1 Å². The molecule has 0 saturated carbocycles. The first-order valence-corrected chi connectivity index (χ1v) is 7.41. The van der Waals surface area contributed by atoms with E-state index in [2.05, 4.69) is 36.3 Å². The van der Waals surface area contributed by atoms with Crippen LogP contribution in [0.5, 0.6) is 0 Å². The largest absolute Gasteiger partial charge is 0.308 e. The van der Waals surface area contributed by atoms with E-state index in [0.29, 0.717) is 12.1 Å². The van der Waals surface area contributed by atoms with Gasteiger partial charge in [0.05, 0.1) is 0 Å². The van der Waals surface area contributed by atoms with Gasteiger partial charge in [0.15, 0.2) is 5.82 Å². The lowest BCUT2D eigenvalue weighted by Crippen LogP contribution is -2.31. The van der Waals surface area contributed by atoms with Crippen molar-refractivity contribution in [2.24, 2.45) is 0 Å². The predicted molar refractivity (Wildman–Crippen MR) is 81.4 cm³/mol. The summed E-state index contributed by atoms with van der Waals surface area (Å²) in [6.07, 6.45) is 5.46. The Bertz CT molecular complexity index is 578. The van der Waals surface area contributed by atoms with Crippen molar-refractivity contribution in [2.75, 3.05) is 0 Å². The summed E-state index contributed by atoms with van der Waals surface area (Å²) in [6.45, 7) is 4.38. The van der Waals surface area contributed by atoms with Crippen molar-refractivity contribution < 1.29 is 0 Å². The van der Waals surface area contributed by atoms with Crippen molar-refractivity contribution in [3.8, 4) is 11.4 Å². The maximum absolute atomic E-state index is 4.79. The molecule has 0 aliphatic heterocycles. The normalized spacial score (nSPS) is 18.1. The fourth-order valence-electron chi connectivity index (χ4n) is 2.85. The second kappa shape index (κ2) is 5.71. The molecule has 20 heavy (non-hydrogen) atoms. The van der Waals surface area contributed by atoms with Gasteiger partial charge >= 0.3 is 0 Å². The minimum Gasteiger partial charge on any atom is -0.308 e. The van der Waals surface area contributed by atoms with Crippen LogP contribution in [0.25, 0.3) is 11.4 Å². The van der Waals surface area contributed by atoms with E-state index in [1.54, 1.807) is 0 Å². The number of nitrogens with zero attached hydrogens (tertiary/aromatic N) is 2. The van der Waals surface area contributed by atoms with E-state index in [-0.39, 0.29) is 0 Å². The molecular formula is C17H21N3. The molecule has 0 fully saturated rings. The number of aryl methyl sites for hydroxylation is 1. The van der Waals surface area contributed by atoms with Gasteiger partial charge in [-0.15, -0.1) is 0 Å². The van der Waals surface area contributed by atoms with Crippen molar-refractivity contribution >= 4 is 0 Å². The number of fused-ring (bicyclic) bond motifs is 1. The molecular weight excluding hydrogens is 246 g/mol. The molecule has 1 aliphatic rings. The second-order valence-electron chi connectivity index (χ2n) is 5.73. The van der Waals surface area contributed by atoms with Crippen LogP contribution in [0.1, 0.15) is 44.0 Å². The van der Waals surface area contributed by atoms with Crippen LogP contribution in [-0.2, 0) is 6.42 Å². The highest BCUT2D eigenvalue weighted by atomic mass is 15.0. The smallest absolute Gasteiger partial charge is 0.159 e. The Balaban J connectivity index is 1.93. The molecule has 0 spiro atoms. The Hall–Kier alpha value is -1.74. The first-order chi connectivity index (χ1) is 9.74. The van der Waals surface area contributed by atoms with E-state index in [9.17, 15) is 0 Å². The van der Waals surface area contributed by atoms with Crippen LogP contribution in [0.4, 0.5) is 0 Å². The number of rotatable bonds is 3. The average molecular weight is 267 g/mol. The van der Waals surface area contributed by atoms with E-state index >= 15 is 0 Å². The van der Waals surface area contributed by atoms with Gasteiger partial charge in [-0.25, -0.2) is 9.97 Å². The molecule has 1 aromatic carbocycles. The third kappa shape index (κ3) is 2.73. The lowest BCUT2D eigenvalue weighted by molar-refractivity contribution is 0.418. The molecule has 1 aromatic heterocycles. The number of hydrogen-bond acceptors (Lipinski definition) is 3. The molecule has 1 atom stereocenters. The fourth-order valence-corrected chi connectivity index (χ4v) is 2.85. The Kier molecular flexibility index (Phi) is 3.79. The summed E-state index contributed by atoms with van der Waals surface area (Å²) in [4.78, 5) is 9.36. The van der Waals surface area contributed by atoms with Gasteiger partial charge in [-0.05, 0) is 19.3 Å². The van der Waals surface area contributed by atoms with Gasteiger partial charge in [0.25, 0.3) is 0 Å². The van der Waals surface area contributed by atoms with Gasteiger partial charge in [0.2, 0.25) is 0 Å². The highest BCUT2D eigenvalue weighted by Crippen LogP contribution is 2.29. The minimum absolute atomic E-state index is 0.406. The van der Waals surface area contributed by atoms with Gasteiger partial charge in [0.1, 0.15) is 0 Å². The van der Waals surface area contributed by atoms with Crippen molar-refractivity contribution in [1.29, 1.82) is 0 Å². The van der Waals surface area contributed by atoms with Crippen LogP contribution in [-0.4, -0.2) is 16.0 Å². The Morgan fingerprint density at radius 2 is 2.00 bits per heavy atom. The Morgan fingerprint density at radius 3 is 2.75 bits per heavy atom. The van der Waals surface area contributed by atoms with E-state index in [0.717, 1.165) is 17.8 Å². The zero-order valence-electron chi connectivity index (χ0n) is 12.1. The number of nitrogens with one attached hydrogen (secondary N) is 1. The molecule has 0 saturated heterocycles. The van der Waals surface area contributed by atoms with Crippen LogP contribution in [0.3, 0.4) is 0 Å². The van der Waals surface area contributed by atoms with Crippen LogP contribution < -0.4 is 5.32 Å². The molecule has 0 amide bonds. The van der Waals surface area contributed by atoms with Gasteiger partial charge in [0, 0.05) is 35.1 Å². The summed E-state index contributed by atoms with van der Waals surface area (Å²) in [5.41, 5.74) is 3.59. The summed E-state index contributed by atoms with van der Waals surface area (Å²) < 4.78 is 0. The van der Waals surface area contributed by atoms with E-state index in [1.807, 2.05) is 24.4 Å². The van der Waals surface area contributed by atoms with Crippen LogP contribution in [0.15, 0.2) is 36.5 Å². The van der Waals surface area contributed by atoms with Gasteiger partial charge in [-0.3, -0.25) is 0 Å². The molecule has 3 rings (SSSR count). The zero-order valence-corrected chi connectivity index (χ0v) is 12.1. The minimum atomic E-state index is 0.406. The maximum atomic E-state index is 4.79. The van der Waals surface area contributed by atoms with Crippen LogP contribution in [0.2, 0.25) is 0 Å². The number of hydrogen-bond donors (Lipinski definition) is 1. The first-order valence-electron chi connectivity index (χ1n) is 7.41. The van der Waals surface area contributed by atoms with Gasteiger partial charge in [-0.2, -0.15) is 0 Å². The fraction of sp³-hybridized carbons (Fsp3) is 0.412. The Labute approximate surface area is 120 Å². The van der Waals surface area contributed by atoms with Gasteiger partial charge < -0.3 is 5.32 Å². The molecule has 1 aliphatic carbocycles. The maximum Gasteiger partial charge on any atom is 0.159 e. The average Bonchev–Trinajstić information content (AvgIpc) is 2.47. The second-order valence-corrected chi connectivity index (χ2v) is 5.73. The van der Waals surface area contributed by atoms with Crippen molar-refractivity contribution in [2.45, 2.75) is 45.2 Å². The molecule has 1 heterocycles. The van der Waals surface area contributed by atoms with Gasteiger partial charge in [-0.1, -0.05) is 44.2 Å². The molecule has 0 unspecified atom stereocenters. The lowest BCUT2D eigenvalue weighted by atomic mass is 9.92. The highest BCUT2D eigenvalue weighted by molar-refractivity contribution is 5.54. The van der Waals surface area contributed by atoms with Crippen molar-refractivity contribution in [1.82, 2.24) is 15.3 Å². The lowest BCUT2D eigenvalue weighted by Gasteiger charge is -2.27. The molecule has 3 heteroatoms. The van der Waals surface area contributed by atoms with E-state index in [4.69, 9.17) is 4.98 Å². The summed E-state index contributed by atoms with van der Waals surface area (Å²) in [7, 11) is 0. The SMILES string of the molecule is CC(C)N[C@@H]1CCCc2nc(-c3ccccc3)ncc21. The van der Waals surface area contributed by atoms with Crippen molar-refractivity contribution in [3.63, 3.8) is 0 Å². The molecule has 1 N–H and O–H groups in total. The summed E-state index contributed by atoms with van der Waals surface area (Å²) in [5.74, 6) is 0.842. The summed E-state index contributed by atoms with van der Waals surface area (Å²) in [5, 5.41) is 3.62. The summed E-state index contributed by atoms with van der Waals surface area (Å²) >= 11 is 0. The first kappa shape index (κ1) is 13.3. The molecule has 0 radical (unpaired) electrons. The zero-order chi connectivity index (χ0) is 13.9.